The molecule has 4 rings (SSSR count). The molecule has 0 radical (unpaired) electrons. The van der Waals surface area contributed by atoms with Crippen molar-refractivity contribution in [1.29, 1.82) is 0 Å². The van der Waals surface area contributed by atoms with Gasteiger partial charge in [0.15, 0.2) is 0 Å². The molecule has 224 valence electrons. The van der Waals surface area contributed by atoms with E-state index in [1.54, 1.807) is 26.9 Å². The van der Waals surface area contributed by atoms with Crippen molar-refractivity contribution in [2.24, 2.45) is 17.8 Å². The van der Waals surface area contributed by atoms with Gasteiger partial charge in [-0.2, -0.15) is 0 Å². The van der Waals surface area contributed by atoms with Gasteiger partial charge in [-0.1, -0.05) is 62.8 Å². The molecule has 3 unspecified atom stereocenters. The summed E-state index contributed by atoms with van der Waals surface area (Å²) >= 11 is 0. The second-order valence-electron chi connectivity index (χ2n) is 12.1. The predicted molar refractivity (Wildman–Crippen MR) is 159 cm³/mol. The number of likely N-dealkylation sites (tertiary alicyclic amines) is 1. The molecule has 3 fully saturated rings. The SMILES string of the molecule is C=CCN(CCCC)C(=O)C1N(CCCCO)C(=O)[C@@H]2[C@@H](C(=O)N(CC=C)Cc3ccccc3)[C@]3(C)OC12CC3C. The first kappa shape index (κ1) is 31.0. The number of hydrogen-bond acceptors (Lipinski definition) is 5. The molecule has 0 aromatic heterocycles. The van der Waals surface area contributed by atoms with Gasteiger partial charge >= 0.3 is 0 Å². The first-order valence-corrected chi connectivity index (χ1v) is 15.1. The van der Waals surface area contributed by atoms with Gasteiger partial charge in [0.2, 0.25) is 17.7 Å². The molecular formula is C33H47N3O5. The van der Waals surface area contributed by atoms with Crippen LogP contribution < -0.4 is 0 Å². The number of hydrogen-bond donors (Lipinski definition) is 1. The van der Waals surface area contributed by atoms with Crippen molar-refractivity contribution in [1.82, 2.24) is 14.7 Å². The molecular weight excluding hydrogens is 518 g/mol. The molecule has 0 aliphatic carbocycles. The van der Waals surface area contributed by atoms with E-state index in [1.807, 2.05) is 37.3 Å². The van der Waals surface area contributed by atoms with Crippen molar-refractivity contribution in [3.8, 4) is 0 Å². The zero-order valence-corrected chi connectivity index (χ0v) is 25.0. The van der Waals surface area contributed by atoms with Crippen LogP contribution in [0.2, 0.25) is 0 Å². The minimum absolute atomic E-state index is 0.0109. The van der Waals surface area contributed by atoms with E-state index in [-0.39, 0.29) is 30.2 Å². The molecule has 41 heavy (non-hydrogen) atoms. The van der Waals surface area contributed by atoms with Crippen LogP contribution in [0.3, 0.4) is 0 Å². The van der Waals surface area contributed by atoms with Gasteiger partial charge < -0.3 is 24.5 Å². The molecule has 8 heteroatoms. The monoisotopic (exact) mass is 565 g/mol. The summed E-state index contributed by atoms with van der Waals surface area (Å²) in [7, 11) is 0. The van der Waals surface area contributed by atoms with E-state index in [4.69, 9.17) is 4.74 Å². The fourth-order valence-corrected chi connectivity index (χ4v) is 7.39. The molecule has 1 spiro atoms. The Hall–Kier alpha value is -2.97. The Morgan fingerprint density at radius 3 is 2.41 bits per heavy atom. The number of carbonyl (C=O) groups is 3. The van der Waals surface area contributed by atoms with Gasteiger partial charge in [-0.3, -0.25) is 14.4 Å². The third-order valence-electron chi connectivity index (χ3n) is 9.44. The number of aliphatic hydroxyl groups is 1. The number of nitrogens with zero attached hydrogens (tertiary/aromatic N) is 3. The first-order chi connectivity index (χ1) is 19.7. The van der Waals surface area contributed by atoms with Crippen LogP contribution in [0.1, 0.15) is 58.4 Å². The highest BCUT2D eigenvalue weighted by atomic mass is 16.5. The molecule has 2 bridgehead atoms. The van der Waals surface area contributed by atoms with Crippen molar-refractivity contribution in [3.63, 3.8) is 0 Å². The van der Waals surface area contributed by atoms with Gasteiger partial charge in [0.1, 0.15) is 11.6 Å². The number of unbranched alkanes of at least 4 members (excludes halogenated alkanes) is 2. The summed E-state index contributed by atoms with van der Waals surface area (Å²) in [5.74, 6) is -1.97. The maximum atomic E-state index is 14.5. The number of ether oxygens (including phenoxy) is 1. The molecule has 3 heterocycles. The van der Waals surface area contributed by atoms with Crippen LogP contribution in [0.15, 0.2) is 55.6 Å². The normalized spacial score (nSPS) is 29.9. The third kappa shape index (κ3) is 5.48. The van der Waals surface area contributed by atoms with E-state index >= 15 is 0 Å². The van der Waals surface area contributed by atoms with Gasteiger partial charge in [0.05, 0.1) is 17.4 Å². The highest BCUT2D eigenvalue weighted by molar-refractivity contribution is 5.99. The maximum Gasteiger partial charge on any atom is 0.248 e. The molecule has 6 atom stereocenters. The van der Waals surface area contributed by atoms with Crippen molar-refractivity contribution >= 4 is 17.7 Å². The molecule has 1 N–H and O–H groups in total. The molecule has 3 amide bonds. The highest BCUT2D eigenvalue weighted by Crippen LogP contribution is 2.65. The summed E-state index contributed by atoms with van der Waals surface area (Å²) in [6, 6.07) is 8.97. The summed E-state index contributed by atoms with van der Waals surface area (Å²) in [5, 5.41) is 9.44. The van der Waals surface area contributed by atoms with Crippen molar-refractivity contribution in [2.75, 3.05) is 32.8 Å². The van der Waals surface area contributed by atoms with E-state index in [2.05, 4.69) is 27.0 Å². The summed E-state index contributed by atoms with van der Waals surface area (Å²) in [6.07, 6.45) is 6.82. The Kier molecular flexibility index (Phi) is 9.75. The van der Waals surface area contributed by atoms with Crippen LogP contribution in [0.4, 0.5) is 0 Å². The lowest BCUT2D eigenvalue weighted by Crippen LogP contribution is -2.57. The fourth-order valence-electron chi connectivity index (χ4n) is 7.39. The summed E-state index contributed by atoms with van der Waals surface area (Å²) in [6.45, 7) is 15.9. The lowest BCUT2D eigenvalue weighted by molar-refractivity contribution is -0.155. The Labute approximate surface area is 245 Å². The number of rotatable bonds is 15. The van der Waals surface area contributed by atoms with Crippen LogP contribution in [-0.2, 0) is 25.7 Å². The standard InChI is InChI=1S/C33H47N3O5/c1-6-9-19-34(17-7-2)31(40)28-33-22-24(4)32(5,41-33)26(27(33)30(39)36(28)20-13-14-21-37)29(38)35(18-8-3)23-25-15-11-10-12-16-25/h7-8,10-12,15-16,24,26-28,37H,2-3,6,9,13-14,17-23H2,1,4-5H3/t24?,26-,27-,28?,32+,33?/m0/s1. The quantitative estimate of drug-likeness (QED) is 0.258. The van der Waals surface area contributed by atoms with Crippen molar-refractivity contribution in [3.05, 3.63) is 61.2 Å². The van der Waals surface area contributed by atoms with E-state index in [0.717, 1.165) is 18.4 Å². The zero-order chi connectivity index (χ0) is 29.8. The number of fused-ring (bicyclic) bond motifs is 1. The van der Waals surface area contributed by atoms with Crippen LogP contribution in [0.5, 0.6) is 0 Å². The lowest BCUT2D eigenvalue weighted by atomic mass is 9.62. The van der Waals surface area contributed by atoms with Crippen molar-refractivity contribution in [2.45, 2.75) is 76.7 Å². The number of amides is 3. The molecule has 0 saturated carbocycles. The largest absolute Gasteiger partial charge is 0.396 e. The Balaban J connectivity index is 1.76. The predicted octanol–water partition coefficient (Wildman–Crippen LogP) is 3.80. The maximum absolute atomic E-state index is 14.5. The second-order valence-corrected chi connectivity index (χ2v) is 12.1. The number of aliphatic hydroxyl groups excluding tert-OH is 1. The smallest absolute Gasteiger partial charge is 0.248 e. The minimum atomic E-state index is -1.08. The summed E-state index contributed by atoms with van der Waals surface area (Å²) in [5.41, 5.74) is -0.970. The van der Waals surface area contributed by atoms with Crippen molar-refractivity contribution < 1.29 is 24.2 Å². The highest BCUT2D eigenvalue weighted by Gasteiger charge is 2.80. The van der Waals surface area contributed by atoms with Crippen LogP contribution in [0, 0.1) is 17.8 Å². The number of carbonyl (C=O) groups excluding carboxylic acids is 3. The minimum Gasteiger partial charge on any atom is -0.396 e. The van der Waals surface area contributed by atoms with Crippen LogP contribution in [0.25, 0.3) is 0 Å². The van der Waals surface area contributed by atoms with Gasteiger partial charge in [0.25, 0.3) is 0 Å². The van der Waals surface area contributed by atoms with E-state index in [1.165, 1.54) is 0 Å². The van der Waals surface area contributed by atoms with Gasteiger partial charge in [0, 0.05) is 39.3 Å². The Bertz CT molecular complexity index is 1130. The fraction of sp³-hybridized carbons (Fsp3) is 0.606. The van der Waals surface area contributed by atoms with Gasteiger partial charge in [-0.15, -0.1) is 13.2 Å². The zero-order valence-electron chi connectivity index (χ0n) is 25.0. The molecule has 3 aliphatic rings. The average Bonchev–Trinajstić information content (AvgIpc) is 3.47. The molecule has 1 aromatic carbocycles. The lowest BCUT2D eigenvalue weighted by Gasteiger charge is -2.39. The van der Waals surface area contributed by atoms with E-state index in [9.17, 15) is 19.5 Å². The molecule has 8 nitrogen and oxygen atoms in total. The van der Waals surface area contributed by atoms with E-state index in [0.29, 0.717) is 52.0 Å². The average molecular weight is 566 g/mol. The molecule has 3 aliphatic heterocycles. The summed E-state index contributed by atoms with van der Waals surface area (Å²) in [4.78, 5) is 48.4. The van der Waals surface area contributed by atoms with E-state index < -0.39 is 29.1 Å². The Morgan fingerprint density at radius 2 is 1.78 bits per heavy atom. The molecule has 3 saturated heterocycles. The van der Waals surface area contributed by atoms with Crippen LogP contribution >= 0.6 is 0 Å². The van der Waals surface area contributed by atoms with Gasteiger partial charge in [-0.05, 0) is 44.1 Å². The summed E-state index contributed by atoms with van der Waals surface area (Å²) < 4.78 is 6.91. The number of benzene rings is 1. The first-order valence-electron chi connectivity index (χ1n) is 15.1. The third-order valence-corrected chi connectivity index (χ3v) is 9.44. The molecule has 1 aromatic rings. The van der Waals surface area contributed by atoms with Crippen LogP contribution in [-0.4, -0.2) is 87.6 Å². The van der Waals surface area contributed by atoms with Gasteiger partial charge in [-0.25, -0.2) is 0 Å². The topological polar surface area (TPSA) is 90.4 Å². The Morgan fingerprint density at radius 1 is 1.10 bits per heavy atom. The second kappa shape index (κ2) is 12.9.